The molecule has 1 aromatic rings. The Morgan fingerprint density at radius 3 is 2.43 bits per heavy atom. The van der Waals surface area contributed by atoms with Gasteiger partial charge in [0.1, 0.15) is 5.69 Å². The number of aryl methyl sites for hydroxylation is 1. The van der Waals surface area contributed by atoms with Gasteiger partial charge in [-0.1, -0.05) is 0 Å². The zero-order valence-electron chi connectivity index (χ0n) is 14.6. The Kier molecular flexibility index (Phi) is 5.02. The summed E-state index contributed by atoms with van der Waals surface area (Å²) in [6, 6.07) is 2.45. The van der Waals surface area contributed by atoms with Crippen molar-refractivity contribution in [3.05, 3.63) is 17.5 Å². The number of likely N-dealkylation sites (tertiary alicyclic amines) is 1. The molecular weight excluding hydrogens is 290 g/mol. The number of H-pyrrole nitrogens is 1. The third-order valence-electron chi connectivity index (χ3n) is 5.55. The van der Waals surface area contributed by atoms with Crippen LogP contribution in [0.15, 0.2) is 6.07 Å². The maximum absolute atomic E-state index is 12.5. The van der Waals surface area contributed by atoms with Gasteiger partial charge >= 0.3 is 0 Å². The van der Waals surface area contributed by atoms with E-state index in [1.807, 2.05) is 17.9 Å². The second-order valence-electron chi connectivity index (χ2n) is 7.15. The molecule has 1 aromatic heterocycles. The minimum Gasteiger partial charge on any atom is -0.337 e. The van der Waals surface area contributed by atoms with E-state index >= 15 is 0 Å². The number of rotatable bonds is 3. The standard InChI is InChI=1S/C17H29N5O/c1-13-12-16(19-18-13)17(23)22-6-4-15(5-7-22)14(2)21-10-8-20(3)9-11-21/h12,14-15H,4-11H2,1-3H3,(H,18,19)/t14-/m0/s1. The summed E-state index contributed by atoms with van der Waals surface area (Å²) >= 11 is 0. The van der Waals surface area contributed by atoms with Crippen molar-refractivity contribution in [3.8, 4) is 0 Å². The normalized spacial score (nSPS) is 23.2. The number of nitrogens with zero attached hydrogens (tertiary/aromatic N) is 4. The van der Waals surface area contributed by atoms with E-state index in [9.17, 15) is 4.79 Å². The molecule has 1 atom stereocenters. The van der Waals surface area contributed by atoms with Gasteiger partial charge in [-0.15, -0.1) is 0 Å². The van der Waals surface area contributed by atoms with E-state index in [0.717, 1.165) is 31.6 Å². The maximum Gasteiger partial charge on any atom is 0.274 e. The smallest absolute Gasteiger partial charge is 0.274 e. The topological polar surface area (TPSA) is 55.5 Å². The molecule has 2 aliphatic rings. The summed E-state index contributed by atoms with van der Waals surface area (Å²) in [5, 5.41) is 6.95. The first-order valence-corrected chi connectivity index (χ1v) is 8.78. The van der Waals surface area contributed by atoms with Gasteiger partial charge in [-0.05, 0) is 45.7 Å². The van der Waals surface area contributed by atoms with Crippen molar-refractivity contribution in [3.63, 3.8) is 0 Å². The Morgan fingerprint density at radius 2 is 1.87 bits per heavy atom. The highest BCUT2D eigenvalue weighted by atomic mass is 16.2. The minimum absolute atomic E-state index is 0.0695. The number of aromatic nitrogens is 2. The zero-order chi connectivity index (χ0) is 16.4. The number of piperidine rings is 1. The van der Waals surface area contributed by atoms with Crippen LogP contribution in [0.25, 0.3) is 0 Å². The molecule has 1 N–H and O–H groups in total. The fraction of sp³-hybridized carbons (Fsp3) is 0.765. The Morgan fingerprint density at radius 1 is 1.22 bits per heavy atom. The second kappa shape index (κ2) is 7.01. The van der Waals surface area contributed by atoms with Crippen molar-refractivity contribution >= 4 is 5.91 Å². The number of likely N-dealkylation sites (N-methyl/N-ethyl adjacent to an activating group) is 1. The second-order valence-corrected chi connectivity index (χ2v) is 7.15. The van der Waals surface area contributed by atoms with Gasteiger partial charge in [0.05, 0.1) is 0 Å². The molecule has 0 saturated carbocycles. The summed E-state index contributed by atoms with van der Waals surface area (Å²) in [5.74, 6) is 0.767. The van der Waals surface area contributed by atoms with Crippen LogP contribution in [0.5, 0.6) is 0 Å². The van der Waals surface area contributed by atoms with Crippen LogP contribution < -0.4 is 0 Å². The average Bonchev–Trinajstić information content (AvgIpc) is 3.01. The minimum atomic E-state index is 0.0695. The highest BCUT2D eigenvalue weighted by Gasteiger charge is 2.31. The molecule has 0 radical (unpaired) electrons. The predicted molar refractivity (Wildman–Crippen MR) is 90.5 cm³/mol. The van der Waals surface area contributed by atoms with Crippen molar-refractivity contribution in [1.29, 1.82) is 0 Å². The largest absolute Gasteiger partial charge is 0.337 e. The SMILES string of the molecule is Cc1cc(C(=O)N2CCC([C@H](C)N3CCN(C)CC3)CC2)n[nH]1. The third kappa shape index (κ3) is 3.75. The Labute approximate surface area is 138 Å². The van der Waals surface area contributed by atoms with Crippen molar-refractivity contribution in [2.75, 3.05) is 46.3 Å². The van der Waals surface area contributed by atoms with E-state index in [0.29, 0.717) is 17.7 Å². The van der Waals surface area contributed by atoms with Gasteiger partial charge in [-0.2, -0.15) is 5.10 Å². The molecule has 2 fully saturated rings. The van der Waals surface area contributed by atoms with Gasteiger partial charge in [0.2, 0.25) is 0 Å². The zero-order valence-corrected chi connectivity index (χ0v) is 14.6. The molecule has 2 aliphatic heterocycles. The van der Waals surface area contributed by atoms with E-state index in [2.05, 4.69) is 34.0 Å². The van der Waals surface area contributed by atoms with E-state index in [1.165, 1.54) is 26.2 Å². The van der Waals surface area contributed by atoms with Gasteiger partial charge in [0.25, 0.3) is 5.91 Å². The molecule has 3 rings (SSSR count). The van der Waals surface area contributed by atoms with Gasteiger partial charge in [0, 0.05) is 51.0 Å². The molecule has 0 spiro atoms. The molecule has 1 amide bonds. The predicted octanol–water partition coefficient (Wildman–Crippen LogP) is 1.21. The van der Waals surface area contributed by atoms with E-state index < -0.39 is 0 Å². The Bertz CT molecular complexity index is 527. The number of carbonyl (C=O) groups excluding carboxylic acids is 1. The molecule has 3 heterocycles. The monoisotopic (exact) mass is 319 g/mol. The molecular formula is C17H29N5O. The molecule has 128 valence electrons. The Balaban J connectivity index is 1.51. The van der Waals surface area contributed by atoms with Crippen LogP contribution in [-0.2, 0) is 0 Å². The van der Waals surface area contributed by atoms with Crippen molar-refractivity contribution in [1.82, 2.24) is 24.9 Å². The van der Waals surface area contributed by atoms with E-state index in [4.69, 9.17) is 0 Å². The molecule has 6 nitrogen and oxygen atoms in total. The fourth-order valence-corrected chi connectivity index (χ4v) is 3.80. The molecule has 2 saturated heterocycles. The number of amides is 1. The molecule has 0 bridgehead atoms. The van der Waals surface area contributed by atoms with Crippen LogP contribution in [-0.4, -0.2) is 83.2 Å². The van der Waals surface area contributed by atoms with Crippen LogP contribution in [0.3, 0.4) is 0 Å². The lowest BCUT2D eigenvalue weighted by atomic mass is 9.89. The first-order valence-electron chi connectivity index (χ1n) is 8.78. The van der Waals surface area contributed by atoms with Crippen molar-refractivity contribution in [2.24, 2.45) is 5.92 Å². The molecule has 0 unspecified atom stereocenters. The van der Waals surface area contributed by atoms with Gasteiger partial charge in [-0.3, -0.25) is 14.8 Å². The summed E-state index contributed by atoms with van der Waals surface area (Å²) in [4.78, 5) is 19.4. The van der Waals surface area contributed by atoms with Crippen molar-refractivity contribution < 1.29 is 4.79 Å². The average molecular weight is 319 g/mol. The van der Waals surface area contributed by atoms with Gasteiger partial charge in [-0.25, -0.2) is 0 Å². The summed E-state index contributed by atoms with van der Waals surface area (Å²) in [6.07, 6.45) is 2.20. The number of carbonyl (C=O) groups is 1. The summed E-state index contributed by atoms with van der Waals surface area (Å²) < 4.78 is 0. The molecule has 6 heteroatoms. The highest BCUT2D eigenvalue weighted by Crippen LogP contribution is 2.25. The Hall–Kier alpha value is -1.40. The van der Waals surface area contributed by atoms with Crippen LogP contribution in [0.1, 0.15) is 35.9 Å². The number of piperazine rings is 1. The number of aromatic amines is 1. The lowest BCUT2D eigenvalue weighted by Gasteiger charge is -2.42. The molecule has 23 heavy (non-hydrogen) atoms. The maximum atomic E-state index is 12.5. The van der Waals surface area contributed by atoms with Crippen LogP contribution in [0, 0.1) is 12.8 Å². The molecule has 0 aromatic carbocycles. The van der Waals surface area contributed by atoms with Gasteiger partial charge in [0.15, 0.2) is 0 Å². The summed E-state index contributed by atoms with van der Waals surface area (Å²) in [7, 11) is 2.20. The lowest BCUT2D eigenvalue weighted by Crippen LogP contribution is -2.52. The number of hydrogen-bond acceptors (Lipinski definition) is 4. The van der Waals surface area contributed by atoms with E-state index in [-0.39, 0.29) is 5.91 Å². The van der Waals surface area contributed by atoms with Crippen LogP contribution in [0.4, 0.5) is 0 Å². The first kappa shape index (κ1) is 16.5. The summed E-state index contributed by atoms with van der Waals surface area (Å²) in [6.45, 7) is 10.7. The third-order valence-corrected chi connectivity index (χ3v) is 5.55. The first-order chi connectivity index (χ1) is 11.0. The quantitative estimate of drug-likeness (QED) is 0.910. The van der Waals surface area contributed by atoms with Crippen LogP contribution >= 0.6 is 0 Å². The highest BCUT2D eigenvalue weighted by molar-refractivity contribution is 5.92. The number of hydrogen-bond donors (Lipinski definition) is 1. The molecule has 0 aliphatic carbocycles. The van der Waals surface area contributed by atoms with E-state index in [1.54, 1.807) is 0 Å². The summed E-state index contributed by atoms with van der Waals surface area (Å²) in [5.41, 5.74) is 1.49. The van der Waals surface area contributed by atoms with Crippen LogP contribution in [0.2, 0.25) is 0 Å². The lowest BCUT2D eigenvalue weighted by molar-refractivity contribution is 0.0496. The van der Waals surface area contributed by atoms with Crippen molar-refractivity contribution in [2.45, 2.75) is 32.7 Å². The fourth-order valence-electron chi connectivity index (χ4n) is 3.80. The number of nitrogens with one attached hydrogen (secondary N) is 1. The van der Waals surface area contributed by atoms with Gasteiger partial charge < -0.3 is 9.80 Å².